The number of hydrogen-bond acceptors (Lipinski definition) is 1. The van der Waals surface area contributed by atoms with Crippen molar-refractivity contribution in [3.8, 4) is 0 Å². The van der Waals surface area contributed by atoms with Gasteiger partial charge in [-0.3, -0.25) is 4.42 Å². The topological polar surface area (TPSA) is 3.24 Å². The molecule has 0 aliphatic heterocycles. The zero-order valence-electron chi connectivity index (χ0n) is 9.23. The Bertz CT molecular complexity index is 453. The van der Waals surface area contributed by atoms with Crippen LogP contribution in [0.5, 0.6) is 0 Å². The lowest BCUT2D eigenvalue weighted by Gasteiger charge is -2.16. The molecule has 0 heterocycles. The minimum Gasteiger partial charge on any atom is -0.254 e. The molecule has 2 aromatic rings. The summed E-state index contributed by atoms with van der Waals surface area (Å²) in [6.45, 7) is 2.14. The Labute approximate surface area is 101 Å². The molecule has 2 rings (SSSR count). The van der Waals surface area contributed by atoms with E-state index in [1.54, 1.807) is 4.42 Å². The van der Waals surface area contributed by atoms with Gasteiger partial charge in [0.25, 0.3) is 0 Å². The van der Waals surface area contributed by atoms with E-state index >= 15 is 0 Å². The summed E-state index contributed by atoms with van der Waals surface area (Å²) < 4.78 is 1.68. The second-order valence-electron chi connectivity index (χ2n) is 3.64. The monoisotopic (exact) mass is 231 g/mol. The van der Waals surface area contributed by atoms with Crippen LogP contribution in [-0.2, 0) is 6.42 Å². The van der Waals surface area contributed by atoms with Gasteiger partial charge in [0.05, 0.1) is 11.4 Å². The van der Waals surface area contributed by atoms with Gasteiger partial charge in [0, 0.05) is 11.8 Å². The fourth-order valence-electron chi connectivity index (χ4n) is 1.61. The number of para-hydroxylation sites is 1. The van der Waals surface area contributed by atoms with Crippen LogP contribution in [0, 0.1) is 0 Å². The fourth-order valence-corrected chi connectivity index (χ4v) is 1.82. The van der Waals surface area contributed by atoms with Crippen LogP contribution < -0.4 is 4.42 Å². The molecular weight excluding hydrogens is 218 g/mol. The van der Waals surface area contributed by atoms with E-state index in [0.717, 1.165) is 17.8 Å². The Hall–Kier alpha value is -1.47. The molecular formula is C14H14ClN. The molecule has 0 unspecified atom stereocenters. The van der Waals surface area contributed by atoms with E-state index in [1.807, 2.05) is 42.5 Å². The zero-order chi connectivity index (χ0) is 11.4. The molecule has 0 aromatic heterocycles. The Morgan fingerprint density at radius 1 is 0.938 bits per heavy atom. The first-order chi connectivity index (χ1) is 7.81. The second kappa shape index (κ2) is 5.04. The van der Waals surface area contributed by atoms with Crippen LogP contribution in [0.25, 0.3) is 0 Å². The molecule has 0 amide bonds. The second-order valence-corrected chi connectivity index (χ2v) is 3.98. The van der Waals surface area contributed by atoms with Crippen molar-refractivity contribution in [2.75, 3.05) is 4.42 Å². The molecule has 0 bridgehead atoms. The van der Waals surface area contributed by atoms with Gasteiger partial charge in [0.2, 0.25) is 0 Å². The third-order valence-electron chi connectivity index (χ3n) is 2.53. The van der Waals surface area contributed by atoms with Crippen LogP contribution in [0.4, 0.5) is 11.4 Å². The molecule has 0 N–H and O–H groups in total. The molecule has 2 aromatic carbocycles. The highest BCUT2D eigenvalue weighted by Crippen LogP contribution is 2.27. The quantitative estimate of drug-likeness (QED) is 0.701. The van der Waals surface area contributed by atoms with Crippen LogP contribution in [0.3, 0.4) is 0 Å². The minimum atomic E-state index is 0.984. The number of hydrogen-bond donors (Lipinski definition) is 0. The van der Waals surface area contributed by atoms with Crippen LogP contribution in [0.15, 0.2) is 54.6 Å². The Kier molecular flexibility index (Phi) is 3.47. The summed E-state index contributed by atoms with van der Waals surface area (Å²) in [5, 5.41) is 0. The number of halogens is 1. The Balaban J connectivity index is 2.30. The van der Waals surface area contributed by atoms with Gasteiger partial charge < -0.3 is 0 Å². The van der Waals surface area contributed by atoms with Gasteiger partial charge in [-0.05, 0) is 36.2 Å². The van der Waals surface area contributed by atoms with Crippen LogP contribution in [0.1, 0.15) is 12.5 Å². The average Bonchev–Trinajstić information content (AvgIpc) is 2.39. The third kappa shape index (κ3) is 2.37. The summed E-state index contributed by atoms with van der Waals surface area (Å²) >= 11 is 6.29. The highest BCUT2D eigenvalue weighted by atomic mass is 35.5. The lowest BCUT2D eigenvalue weighted by atomic mass is 10.1. The molecule has 1 nitrogen and oxygen atoms in total. The van der Waals surface area contributed by atoms with E-state index in [9.17, 15) is 0 Å². The van der Waals surface area contributed by atoms with E-state index < -0.39 is 0 Å². The minimum absolute atomic E-state index is 0.984. The van der Waals surface area contributed by atoms with Gasteiger partial charge >= 0.3 is 0 Å². The molecule has 0 spiro atoms. The first-order valence-corrected chi connectivity index (χ1v) is 5.75. The Morgan fingerprint density at radius 3 is 2.31 bits per heavy atom. The summed E-state index contributed by atoms with van der Waals surface area (Å²) in [7, 11) is 0. The first-order valence-electron chi connectivity index (χ1n) is 5.41. The molecule has 0 radical (unpaired) electrons. The standard InChI is InChI=1S/C14H14ClN/c1-2-12-7-6-10-14(11-12)16(15)13-8-4-3-5-9-13/h3-11H,2H2,1H3. The van der Waals surface area contributed by atoms with E-state index in [4.69, 9.17) is 11.8 Å². The first kappa shape index (κ1) is 11.0. The van der Waals surface area contributed by atoms with Crippen molar-refractivity contribution in [1.82, 2.24) is 0 Å². The molecule has 0 aliphatic rings. The van der Waals surface area contributed by atoms with E-state index in [-0.39, 0.29) is 0 Å². The lowest BCUT2D eigenvalue weighted by molar-refractivity contribution is 1.14. The van der Waals surface area contributed by atoms with Crippen molar-refractivity contribution >= 4 is 23.2 Å². The summed E-state index contributed by atoms with van der Waals surface area (Å²) in [6.07, 6.45) is 1.02. The fraction of sp³-hybridized carbons (Fsp3) is 0.143. The molecule has 16 heavy (non-hydrogen) atoms. The SMILES string of the molecule is CCc1cccc(N(Cl)c2ccccc2)c1. The van der Waals surface area contributed by atoms with Crippen molar-refractivity contribution < 1.29 is 0 Å². The molecule has 82 valence electrons. The van der Waals surface area contributed by atoms with Crippen LogP contribution in [-0.4, -0.2) is 0 Å². The number of anilines is 2. The van der Waals surface area contributed by atoms with E-state index in [1.165, 1.54) is 5.56 Å². The maximum Gasteiger partial charge on any atom is 0.0584 e. The van der Waals surface area contributed by atoms with Gasteiger partial charge in [0.15, 0.2) is 0 Å². The molecule has 2 heteroatoms. The predicted molar refractivity (Wildman–Crippen MR) is 70.3 cm³/mol. The Morgan fingerprint density at radius 2 is 1.62 bits per heavy atom. The maximum atomic E-state index is 6.29. The molecule has 0 aliphatic carbocycles. The maximum absolute atomic E-state index is 6.29. The third-order valence-corrected chi connectivity index (χ3v) is 2.92. The normalized spacial score (nSPS) is 10.1. The van der Waals surface area contributed by atoms with Gasteiger partial charge in [-0.2, -0.15) is 0 Å². The van der Waals surface area contributed by atoms with E-state index in [2.05, 4.69) is 19.1 Å². The number of rotatable bonds is 3. The summed E-state index contributed by atoms with van der Waals surface area (Å²) in [4.78, 5) is 0. The largest absolute Gasteiger partial charge is 0.254 e. The van der Waals surface area contributed by atoms with Crippen molar-refractivity contribution in [2.45, 2.75) is 13.3 Å². The molecule has 0 atom stereocenters. The van der Waals surface area contributed by atoms with Crippen molar-refractivity contribution in [3.05, 3.63) is 60.2 Å². The van der Waals surface area contributed by atoms with Crippen LogP contribution >= 0.6 is 11.8 Å². The van der Waals surface area contributed by atoms with Crippen LogP contribution in [0.2, 0.25) is 0 Å². The summed E-state index contributed by atoms with van der Waals surface area (Å²) in [5.41, 5.74) is 3.28. The summed E-state index contributed by atoms with van der Waals surface area (Å²) in [6, 6.07) is 18.2. The number of aryl methyl sites for hydroxylation is 1. The highest BCUT2D eigenvalue weighted by Gasteiger charge is 2.05. The average molecular weight is 232 g/mol. The zero-order valence-corrected chi connectivity index (χ0v) is 9.98. The van der Waals surface area contributed by atoms with Gasteiger partial charge in [-0.25, -0.2) is 0 Å². The van der Waals surface area contributed by atoms with Crippen molar-refractivity contribution in [1.29, 1.82) is 0 Å². The lowest BCUT2D eigenvalue weighted by Crippen LogP contribution is -2.01. The number of benzene rings is 2. The highest BCUT2D eigenvalue weighted by molar-refractivity contribution is 6.29. The van der Waals surface area contributed by atoms with Gasteiger partial charge in [-0.15, -0.1) is 0 Å². The smallest absolute Gasteiger partial charge is 0.0584 e. The number of nitrogens with zero attached hydrogens (tertiary/aromatic N) is 1. The van der Waals surface area contributed by atoms with Crippen molar-refractivity contribution in [2.24, 2.45) is 0 Å². The van der Waals surface area contributed by atoms with Gasteiger partial charge in [-0.1, -0.05) is 37.3 Å². The van der Waals surface area contributed by atoms with Crippen molar-refractivity contribution in [3.63, 3.8) is 0 Å². The molecule has 0 saturated heterocycles. The predicted octanol–water partition coefficient (Wildman–Crippen LogP) is 4.54. The van der Waals surface area contributed by atoms with Gasteiger partial charge in [0.1, 0.15) is 0 Å². The van der Waals surface area contributed by atoms with E-state index in [0.29, 0.717) is 0 Å². The summed E-state index contributed by atoms with van der Waals surface area (Å²) in [5.74, 6) is 0. The molecule has 0 fully saturated rings. The molecule has 0 saturated carbocycles.